The lowest BCUT2D eigenvalue weighted by molar-refractivity contribution is 0.641. The van der Waals surface area contributed by atoms with Gasteiger partial charge in [-0.1, -0.05) is 264 Å². The summed E-state index contributed by atoms with van der Waals surface area (Å²) >= 11 is 0. The SMILES string of the molecule is CC(C)(c1ccccc1)c1ccc2c(c1)c1cc(C(C)(C)c3ccccc3)cc3c1n2-c1cc(-c2c(-c4cccc5c4oc4ccccc45)cccc2-c2cccc4c2oc2ccccc24)cc2c1B3c1cccc3c4c5c6ccccc6c6ccccc6c5ccc4n-2c13. The van der Waals surface area contributed by atoms with E-state index < -0.39 is 0 Å². The van der Waals surface area contributed by atoms with Crippen LogP contribution in [0.1, 0.15) is 49.9 Å². The van der Waals surface area contributed by atoms with Crippen LogP contribution in [0.3, 0.4) is 0 Å². The van der Waals surface area contributed by atoms with Crippen LogP contribution in [0.5, 0.6) is 0 Å². The molecule has 5 heteroatoms. The summed E-state index contributed by atoms with van der Waals surface area (Å²) in [6.07, 6.45) is 0. The van der Waals surface area contributed by atoms with Crippen molar-refractivity contribution in [3.8, 4) is 44.8 Å². The van der Waals surface area contributed by atoms with Gasteiger partial charge in [-0.05, 0) is 136 Å². The van der Waals surface area contributed by atoms with Crippen molar-refractivity contribution >= 4 is 143 Å². The normalized spacial score (nSPS) is 13.0. The number of fused-ring (bicyclic) bond motifs is 23. The molecule has 6 heterocycles. The monoisotopic (exact) mass is 1210 g/mol. The zero-order valence-corrected chi connectivity index (χ0v) is 52.9. The van der Waals surface area contributed by atoms with Crippen molar-refractivity contribution in [2.24, 2.45) is 0 Å². The second-order valence-electron chi connectivity index (χ2n) is 27.7. The first-order chi connectivity index (χ1) is 46.7. The highest BCUT2D eigenvalue weighted by atomic mass is 16.3. The molecule has 0 radical (unpaired) electrons. The van der Waals surface area contributed by atoms with Crippen molar-refractivity contribution in [1.29, 1.82) is 0 Å². The summed E-state index contributed by atoms with van der Waals surface area (Å²) < 4.78 is 19.5. The number of hydrogen-bond donors (Lipinski definition) is 0. The minimum atomic E-state index is -0.349. The lowest BCUT2D eigenvalue weighted by atomic mass is 9.34. The molecular formula is C90H59BN2O2. The maximum absolute atomic E-state index is 7.06. The molecule has 444 valence electrons. The second kappa shape index (κ2) is 19.0. The summed E-state index contributed by atoms with van der Waals surface area (Å²) in [6.45, 7) is 9.44. The Morgan fingerprint density at radius 2 is 0.747 bits per heavy atom. The molecule has 0 aliphatic carbocycles. The first-order valence-electron chi connectivity index (χ1n) is 33.3. The zero-order valence-electron chi connectivity index (χ0n) is 52.9. The van der Waals surface area contributed by atoms with Crippen LogP contribution in [0.2, 0.25) is 0 Å². The quantitative estimate of drug-likeness (QED) is 0.118. The van der Waals surface area contributed by atoms with Crippen molar-refractivity contribution in [3.05, 3.63) is 307 Å². The van der Waals surface area contributed by atoms with Crippen molar-refractivity contribution in [2.75, 3.05) is 0 Å². The minimum absolute atomic E-state index is 0.146. The van der Waals surface area contributed by atoms with Gasteiger partial charge in [0, 0.05) is 92.8 Å². The van der Waals surface area contributed by atoms with Gasteiger partial charge < -0.3 is 18.0 Å². The van der Waals surface area contributed by atoms with E-state index in [9.17, 15) is 0 Å². The van der Waals surface area contributed by atoms with E-state index in [4.69, 9.17) is 8.83 Å². The van der Waals surface area contributed by atoms with E-state index >= 15 is 0 Å². The number of aromatic nitrogens is 2. The van der Waals surface area contributed by atoms with Crippen LogP contribution < -0.4 is 16.4 Å². The van der Waals surface area contributed by atoms with Crippen molar-refractivity contribution in [3.63, 3.8) is 0 Å². The van der Waals surface area contributed by atoms with Crippen LogP contribution in [0.25, 0.3) is 165 Å². The van der Waals surface area contributed by atoms with Gasteiger partial charge in [0.2, 0.25) is 0 Å². The van der Waals surface area contributed by atoms with E-state index in [1.54, 1.807) is 0 Å². The van der Waals surface area contributed by atoms with Gasteiger partial charge in [0.25, 0.3) is 6.71 Å². The summed E-state index contributed by atoms with van der Waals surface area (Å²) in [6, 6.07) is 107. The molecule has 4 nitrogen and oxygen atoms in total. The Bertz CT molecular complexity index is 6420. The van der Waals surface area contributed by atoms with E-state index in [0.29, 0.717) is 0 Å². The molecule has 0 atom stereocenters. The van der Waals surface area contributed by atoms with Crippen LogP contribution in [-0.4, -0.2) is 15.8 Å². The number of hydrogen-bond acceptors (Lipinski definition) is 2. The summed E-state index contributed by atoms with van der Waals surface area (Å²) in [5.41, 5.74) is 25.5. The van der Waals surface area contributed by atoms with Gasteiger partial charge in [0.05, 0.1) is 11.0 Å². The summed E-state index contributed by atoms with van der Waals surface area (Å²) in [5, 5.41) is 17.0. The average Bonchev–Trinajstić information content (AvgIpc) is 1.55. The fraction of sp³-hybridized carbons (Fsp3) is 0.0667. The molecule has 0 amide bonds. The molecule has 4 aromatic heterocycles. The summed E-state index contributed by atoms with van der Waals surface area (Å²) in [7, 11) is 0. The average molecular weight is 1210 g/mol. The van der Waals surface area contributed by atoms with Crippen LogP contribution in [0.15, 0.2) is 294 Å². The Balaban J connectivity index is 0.953. The van der Waals surface area contributed by atoms with E-state index in [0.717, 1.165) is 77.3 Å². The molecule has 0 N–H and O–H groups in total. The van der Waals surface area contributed by atoms with Crippen molar-refractivity contribution in [1.82, 2.24) is 9.13 Å². The first-order valence-corrected chi connectivity index (χ1v) is 33.3. The number of rotatable bonds is 7. The number of para-hydroxylation sites is 5. The van der Waals surface area contributed by atoms with Crippen LogP contribution in [0.4, 0.5) is 0 Å². The molecule has 0 saturated heterocycles. The van der Waals surface area contributed by atoms with Gasteiger partial charge in [-0.3, -0.25) is 0 Å². The molecule has 0 spiro atoms. The highest BCUT2D eigenvalue weighted by Crippen LogP contribution is 2.51. The topological polar surface area (TPSA) is 36.1 Å². The Morgan fingerprint density at radius 3 is 1.37 bits per heavy atom. The third kappa shape index (κ3) is 7.06. The van der Waals surface area contributed by atoms with E-state index in [1.807, 2.05) is 0 Å². The molecule has 95 heavy (non-hydrogen) atoms. The number of nitrogens with zero attached hydrogens (tertiary/aromatic N) is 2. The standard InChI is InChI=1S/C90H59BN2O2/c1-89(2,53-23-7-5-8-24-53)55-43-45-75-71(49-55)72-50-56(90(3,4)54-25-9-6-10-26-54)51-74-86(72)92(75)77-47-52(48-78-84(77)91(74)73-40-22-39-70-83-76(93(78)85(70)73)46-44-65-59-29-12-11-27-57(59)58-28-13-14-32-62(58)82(65)83)81-63(68-37-20-35-66-60-30-15-17-41-79(60)94-87(66)68)33-19-34-64(81)69-38-21-36-67-61-31-16-18-42-80(61)95-88(67)69/h5-51H,1-4H3. The fourth-order valence-electron chi connectivity index (χ4n) is 17.6. The van der Waals surface area contributed by atoms with Crippen LogP contribution >= 0.6 is 0 Å². The van der Waals surface area contributed by atoms with Gasteiger partial charge in [0.15, 0.2) is 0 Å². The molecular weight excluding hydrogens is 1150 g/mol. The Hall–Kier alpha value is -11.7. The molecule has 21 rings (SSSR count). The van der Waals surface area contributed by atoms with Gasteiger partial charge >= 0.3 is 0 Å². The number of benzene rings is 15. The summed E-state index contributed by atoms with van der Waals surface area (Å²) in [5.74, 6) is 0. The summed E-state index contributed by atoms with van der Waals surface area (Å²) in [4.78, 5) is 0. The van der Waals surface area contributed by atoms with Gasteiger partial charge in [0.1, 0.15) is 22.3 Å². The molecule has 0 fully saturated rings. The predicted molar refractivity (Wildman–Crippen MR) is 400 cm³/mol. The molecule has 0 saturated carbocycles. The first kappa shape index (κ1) is 52.9. The Kier molecular flexibility index (Phi) is 10.6. The predicted octanol–water partition coefficient (Wildman–Crippen LogP) is 21.9. The van der Waals surface area contributed by atoms with Gasteiger partial charge in [-0.25, -0.2) is 0 Å². The molecule has 0 bridgehead atoms. The highest BCUT2D eigenvalue weighted by molar-refractivity contribution is 7.00. The highest BCUT2D eigenvalue weighted by Gasteiger charge is 2.43. The maximum Gasteiger partial charge on any atom is 0.252 e. The third-order valence-electron chi connectivity index (χ3n) is 22.3. The second-order valence-corrected chi connectivity index (χ2v) is 27.7. The van der Waals surface area contributed by atoms with Crippen LogP contribution in [0, 0.1) is 0 Å². The van der Waals surface area contributed by atoms with E-state index in [1.165, 1.54) is 126 Å². The van der Waals surface area contributed by atoms with Gasteiger partial charge in [-0.15, -0.1) is 0 Å². The largest absolute Gasteiger partial charge is 0.455 e. The molecule has 0 unspecified atom stereocenters. The molecule has 19 aromatic rings. The lowest BCUT2D eigenvalue weighted by Gasteiger charge is -2.35. The van der Waals surface area contributed by atoms with Crippen LogP contribution in [-0.2, 0) is 10.8 Å². The Labute approximate surface area is 548 Å². The fourth-order valence-corrected chi connectivity index (χ4v) is 17.6. The van der Waals surface area contributed by atoms with E-state index in [-0.39, 0.29) is 17.5 Å². The molecule has 2 aliphatic rings. The van der Waals surface area contributed by atoms with Crippen molar-refractivity contribution < 1.29 is 8.83 Å². The zero-order chi connectivity index (χ0) is 62.7. The minimum Gasteiger partial charge on any atom is -0.455 e. The maximum atomic E-state index is 7.06. The lowest BCUT2D eigenvalue weighted by Crippen LogP contribution is -2.59. The van der Waals surface area contributed by atoms with Gasteiger partial charge in [-0.2, -0.15) is 0 Å². The third-order valence-corrected chi connectivity index (χ3v) is 22.3. The molecule has 15 aromatic carbocycles. The van der Waals surface area contributed by atoms with Crippen molar-refractivity contribution in [2.45, 2.75) is 38.5 Å². The number of furan rings is 2. The van der Waals surface area contributed by atoms with E-state index in [2.05, 4.69) is 322 Å². The smallest absolute Gasteiger partial charge is 0.252 e. The Morgan fingerprint density at radius 1 is 0.295 bits per heavy atom. The molecule has 2 aliphatic heterocycles.